The zero-order valence-electron chi connectivity index (χ0n) is 10.2. The van der Waals surface area contributed by atoms with Crippen molar-refractivity contribution >= 4 is 27.7 Å². The Morgan fingerprint density at radius 3 is 2.55 bits per heavy atom. The molecule has 2 aromatic rings. The predicted molar refractivity (Wildman–Crippen MR) is 74.3 cm³/mol. The molecular formula is C14H10BrF2NO2. The number of hydrogen-bond donors (Lipinski definition) is 1. The second-order valence-electron chi connectivity index (χ2n) is 3.93. The quantitative estimate of drug-likeness (QED) is 0.836. The highest BCUT2D eigenvalue weighted by atomic mass is 79.9. The van der Waals surface area contributed by atoms with E-state index < -0.39 is 17.7 Å². The Labute approximate surface area is 122 Å². The summed E-state index contributed by atoms with van der Waals surface area (Å²) in [4.78, 5) is 11.5. The first-order valence-electron chi connectivity index (χ1n) is 5.68. The summed E-state index contributed by atoms with van der Waals surface area (Å²) >= 11 is 2.85. The van der Waals surface area contributed by atoms with E-state index in [-0.39, 0.29) is 16.8 Å². The number of hydrogen-bond acceptors (Lipinski definition) is 2. The van der Waals surface area contributed by atoms with Crippen LogP contribution in [0, 0.1) is 11.6 Å². The van der Waals surface area contributed by atoms with Crippen LogP contribution in [0.3, 0.4) is 0 Å². The average molecular weight is 342 g/mol. The third-order valence-electron chi connectivity index (χ3n) is 2.46. The van der Waals surface area contributed by atoms with Gasteiger partial charge in [-0.05, 0) is 27.6 Å². The second kappa shape index (κ2) is 6.47. The third kappa shape index (κ3) is 3.77. The molecule has 0 aliphatic heterocycles. The molecule has 1 N–H and O–H groups in total. The Hall–Kier alpha value is -1.95. The Morgan fingerprint density at radius 2 is 1.85 bits per heavy atom. The minimum absolute atomic E-state index is 0.0156. The van der Waals surface area contributed by atoms with Crippen LogP contribution in [0.1, 0.15) is 5.56 Å². The van der Waals surface area contributed by atoms with Gasteiger partial charge in [0, 0.05) is 6.07 Å². The van der Waals surface area contributed by atoms with E-state index in [2.05, 4.69) is 21.2 Å². The number of carbonyl (C=O) groups is 1. The SMILES string of the molecule is O=C(Nc1cc(F)c(Br)cc1F)OCc1ccccc1. The molecule has 0 saturated heterocycles. The monoisotopic (exact) mass is 341 g/mol. The van der Waals surface area contributed by atoms with Crippen LogP contribution in [0.5, 0.6) is 0 Å². The van der Waals surface area contributed by atoms with E-state index in [1.807, 2.05) is 6.07 Å². The number of nitrogens with one attached hydrogen (secondary N) is 1. The summed E-state index contributed by atoms with van der Waals surface area (Å²) < 4.78 is 31.6. The van der Waals surface area contributed by atoms with Gasteiger partial charge in [-0.2, -0.15) is 0 Å². The Bertz CT molecular complexity index is 620. The zero-order chi connectivity index (χ0) is 14.5. The maximum atomic E-state index is 13.5. The molecule has 20 heavy (non-hydrogen) atoms. The van der Waals surface area contributed by atoms with Gasteiger partial charge in [-0.1, -0.05) is 30.3 Å². The van der Waals surface area contributed by atoms with Crippen molar-refractivity contribution in [2.45, 2.75) is 6.61 Å². The molecular weight excluding hydrogens is 332 g/mol. The summed E-state index contributed by atoms with van der Waals surface area (Å²) in [5.41, 5.74) is 0.522. The van der Waals surface area contributed by atoms with Crippen LogP contribution in [-0.4, -0.2) is 6.09 Å². The molecule has 0 fully saturated rings. The molecule has 0 aliphatic rings. The molecule has 0 aliphatic carbocycles. The van der Waals surface area contributed by atoms with E-state index in [4.69, 9.17) is 4.74 Å². The summed E-state index contributed by atoms with van der Waals surface area (Å²) in [6.45, 7) is 0.0489. The van der Waals surface area contributed by atoms with Crippen LogP contribution < -0.4 is 5.32 Å². The smallest absolute Gasteiger partial charge is 0.412 e. The number of halogens is 3. The van der Waals surface area contributed by atoms with Gasteiger partial charge in [0.1, 0.15) is 18.2 Å². The van der Waals surface area contributed by atoms with Gasteiger partial charge in [0.15, 0.2) is 0 Å². The first-order valence-corrected chi connectivity index (χ1v) is 6.48. The topological polar surface area (TPSA) is 38.3 Å². The van der Waals surface area contributed by atoms with Gasteiger partial charge in [0.05, 0.1) is 10.2 Å². The van der Waals surface area contributed by atoms with Gasteiger partial charge in [0.2, 0.25) is 0 Å². The number of ether oxygens (including phenoxy) is 1. The van der Waals surface area contributed by atoms with Gasteiger partial charge >= 0.3 is 6.09 Å². The summed E-state index contributed by atoms with van der Waals surface area (Å²) in [6.07, 6.45) is -0.852. The molecule has 1 amide bonds. The first-order chi connectivity index (χ1) is 9.56. The number of benzene rings is 2. The Kier molecular flexibility index (Phi) is 4.68. The lowest BCUT2D eigenvalue weighted by Crippen LogP contribution is -2.14. The van der Waals surface area contributed by atoms with E-state index in [1.165, 1.54) is 0 Å². The zero-order valence-corrected chi connectivity index (χ0v) is 11.8. The first kappa shape index (κ1) is 14.5. The van der Waals surface area contributed by atoms with Crippen molar-refractivity contribution in [3.8, 4) is 0 Å². The van der Waals surface area contributed by atoms with Gasteiger partial charge in [-0.15, -0.1) is 0 Å². The maximum absolute atomic E-state index is 13.5. The normalized spacial score (nSPS) is 10.2. The molecule has 0 bridgehead atoms. The minimum atomic E-state index is -0.852. The second-order valence-corrected chi connectivity index (χ2v) is 4.79. The van der Waals surface area contributed by atoms with E-state index in [1.54, 1.807) is 24.3 Å². The molecule has 0 unspecified atom stereocenters. The predicted octanol–water partition coefficient (Wildman–Crippen LogP) is 4.48. The van der Waals surface area contributed by atoms with E-state index in [0.717, 1.165) is 17.7 Å². The van der Waals surface area contributed by atoms with Crippen LogP contribution in [-0.2, 0) is 11.3 Å². The van der Waals surface area contributed by atoms with Crippen molar-refractivity contribution in [3.63, 3.8) is 0 Å². The molecule has 0 saturated carbocycles. The fraction of sp³-hybridized carbons (Fsp3) is 0.0714. The van der Waals surface area contributed by atoms with Crippen LogP contribution in [0.25, 0.3) is 0 Å². The van der Waals surface area contributed by atoms with E-state index >= 15 is 0 Å². The Morgan fingerprint density at radius 1 is 1.15 bits per heavy atom. The summed E-state index contributed by atoms with van der Waals surface area (Å²) in [6, 6.07) is 10.8. The molecule has 0 aromatic heterocycles. The van der Waals surface area contributed by atoms with Crippen LogP contribution >= 0.6 is 15.9 Å². The molecule has 6 heteroatoms. The molecule has 2 rings (SSSR count). The number of rotatable bonds is 3. The molecule has 3 nitrogen and oxygen atoms in total. The van der Waals surface area contributed by atoms with Gasteiger partial charge in [-0.3, -0.25) is 5.32 Å². The van der Waals surface area contributed by atoms with Gasteiger partial charge in [0.25, 0.3) is 0 Å². The van der Waals surface area contributed by atoms with Crippen molar-refractivity contribution in [1.82, 2.24) is 0 Å². The molecule has 0 radical (unpaired) electrons. The van der Waals surface area contributed by atoms with Gasteiger partial charge in [-0.25, -0.2) is 13.6 Å². The molecule has 0 atom stereocenters. The number of carbonyl (C=O) groups excluding carboxylic acids is 1. The van der Waals surface area contributed by atoms with Crippen LogP contribution in [0.15, 0.2) is 46.9 Å². The third-order valence-corrected chi connectivity index (χ3v) is 3.07. The number of anilines is 1. The minimum Gasteiger partial charge on any atom is -0.444 e. The maximum Gasteiger partial charge on any atom is 0.412 e. The van der Waals surface area contributed by atoms with Crippen molar-refractivity contribution in [3.05, 3.63) is 64.1 Å². The standard InChI is InChI=1S/C14H10BrF2NO2/c15-10-6-12(17)13(7-11(10)16)18-14(19)20-8-9-4-2-1-3-5-9/h1-7H,8H2,(H,18,19). The van der Waals surface area contributed by atoms with Crippen molar-refractivity contribution in [1.29, 1.82) is 0 Å². The van der Waals surface area contributed by atoms with E-state index in [9.17, 15) is 13.6 Å². The van der Waals surface area contributed by atoms with Crippen LogP contribution in [0.4, 0.5) is 19.3 Å². The lowest BCUT2D eigenvalue weighted by Gasteiger charge is -2.08. The van der Waals surface area contributed by atoms with Gasteiger partial charge < -0.3 is 4.74 Å². The molecule has 104 valence electrons. The molecule has 2 aromatic carbocycles. The average Bonchev–Trinajstić information content (AvgIpc) is 2.44. The fourth-order valence-corrected chi connectivity index (χ4v) is 1.80. The molecule has 0 heterocycles. The highest BCUT2D eigenvalue weighted by Crippen LogP contribution is 2.23. The summed E-state index contributed by atoms with van der Waals surface area (Å²) in [7, 11) is 0. The van der Waals surface area contributed by atoms with E-state index in [0.29, 0.717) is 0 Å². The number of amides is 1. The fourth-order valence-electron chi connectivity index (χ4n) is 1.49. The van der Waals surface area contributed by atoms with Crippen molar-refractivity contribution < 1.29 is 18.3 Å². The van der Waals surface area contributed by atoms with Crippen molar-refractivity contribution in [2.24, 2.45) is 0 Å². The largest absolute Gasteiger partial charge is 0.444 e. The highest BCUT2D eigenvalue weighted by Gasteiger charge is 2.11. The highest BCUT2D eigenvalue weighted by molar-refractivity contribution is 9.10. The summed E-state index contributed by atoms with van der Waals surface area (Å²) in [5.74, 6) is -1.43. The Balaban J connectivity index is 1.97. The van der Waals surface area contributed by atoms with Crippen LogP contribution in [0.2, 0.25) is 0 Å². The lowest BCUT2D eigenvalue weighted by atomic mass is 10.2. The lowest BCUT2D eigenvalue weighted by molar-refractivity contribution is 0.155. The molecule has 0 spiro atoms. The van der Waals surface area contributed by atoms with Crippen molar-refractivity contribution in [2.75, 3.05) is 5.32 Å². The summed E-state index contributed by atoms with van der Waals surface area (Å²) in [5, 5.41) is 2.15.